The van der Waals surface area contributed by atoms with Crippen LogP contribution in [0.2, 0.25) is 0 Å². The van der Waals surface area contributed by atoms with E-state index >= 15 is 0 Å². The molecule has 2 unspecified atom stereocenters. The number of H-pyrrole nitrogens is 1. The lowest BCUT2D eigenvalue weighted by atomic mass is 9.99. The number of carbonyl (C=O) groups is 5. The molecule has 3 atom stereocenters. The van der Waals surface area contributed by atoms with E-state index in [9.17, 15) is 33.9 Å². The number of aliphatic carboxylic acids is 1. The Hall–Kier alpha value is -6.09. The third-order valence-corrected chi connectivity index (χ3v) is 9.66. The topological polar surface area (TPSA) is 273 Å². The SMILES string of the molecule is Cc1nc2[nH]cc(C(=O)NC(C(=O)NC3C(=O)N4C(C(=O)O)=C(C(=S)c5nnnn5C)CS[C@@H]34)c3cccc(NC(N)=O)c3)c(=O)c2nc1C. The minimum Gasteiger partial charge on any atom is -0.477 e. The molecule has 3 aromatic heterocycles. The number of amides is 5. The molecule has 256 valence electrons. The van der Waals surface area contributed by atoms with Gasteiger partial charge in [0.15, 0.2) is 17.0 Å². The zero-order chi connectivity index (χ0) is 36.0. The average Bonchev–Trinajstić information content (AvgIpc) is 3.51. The minimum atomic E-state index is -1.52. The minimum absolute atomic E-state index is 0.0494. The van der Waals surface area contributed by atoms with Gasteiger partial charge in [0.05, 0.1) is 16.3 Å². The van der Waals surface area contributed by atoms with Gasteiger partial charge in [0.1, 0.15) is 28.7 Å². The first-order valence-electron chi connectivity index (χ1n) is 14.6. The molecule has 2 aliphatic rings. The number of thioether (sulfide) groups is 1. The Morgan fingerprint density at radius 2 is 1.90 bits per heavy atom. The van der Waals surface area contributed by atoms with Crippen LogP contribution in [0.5, 0.6) is 0 Å². The van der Waals surface area contributed by atoms with Crippen LogP contribution in [0.1, 0.15) is 39.2 Å². The van der Waals surface area contributed by atoms with Crippen LogP contribution >= 0.6 is 24.0 Å². The number of rotatable bonds is 9. The number of aromatic nitrogens is 7. The first-order valence-corrected chi connectivity index (χ1v) is 16.0. The number of pyridine rings is 1. The molecule has 0 saturated carbocycles. The highest BCUT2D eigenvalue weighted by Gasteiger charge is 2.55. The molecule has 1 aromatic carbocycles. The number of nitrogens with two attached hydrogens (primary N) is 1. The zero-order valence-electron chi connectivity index (χ0n) is 26.2. The van der Waals surface area contributed by atoms with Crippen molar-refractivity contribution in [3.63, 3.8) is 0 Å². The predicted octanol–water partition coefficient (Wildman–Crippen LogP) is -0.423. The van der Waals surface area contributed by atoms with Crippen LogP contribution in [0.15, 0.2) is 46.5 Å². The number of tetrazole rings is 1. The Morgan fingerprint density at radius 1 is 1.16 bits per heavy atom. The molecule has 0 radical (unpaired) electrons. The summed E-state index contributed by atoms with van der Waals surface area (Å²) in [4.78, 5) is 90.6. The fourth-order valence-corrected chi connectivity index (χ4v) is 7.19. The molecule has 0 aliphatic carbocycles. The van der Waals surface area contributed by atoms with E-state index in [1.807, 2.05) is 0 Å². The number of hydrogen-bond donors (Lipinski definition) is 6. The number of anilines is 1. The van der Waals surface area contributed by atoms with Crippen LogP contribution in [0, 0.1) is 13.8 Å². The van der Waals surface area contributed by atoms with E-state index in [0.29, 0.717) is 11.4 Å². The van der Waals surface area contributed by atoms with Gasteiger partial charge in [0.2, 0.25) is 11.3 Å². The molecule has 21 heteroatoms. The number of carboxylic acid groups (broad SMARTS) is 1. The number of benzene rings is 1. The Balaban J connectivity index is 1.30. The lowest BCUT2D eigenvalue weighted by Crippen LogP contribution is -2.71. The first-order chi connectivity index (χ1) is 23.8. The summed E-state index contributed by atoms with van der Waals surface area (Å²) >= 11 is 6.63. The fourth-order valence-electron chi connectivity index (χ4n) is 5.40. The molecule has 0 spiro atoms. The van der Waals surface area contributed by atoms with Gasteiger partial charge in [-0.2, -0.15) is 0 Å². The second-order valence-electron chi connectivity index (χ2n) is 11.1. The van der Waals surface area contributed by atoms with E-state index in [-0.39, 0.29) is 55.7 Å². The number of fused-ring (bicyclic) bond motifs is 2. The lowest BCUT2D eigenvalue weighted by molar-refractivity contribution is -0.150. The predicted molar refractivity (Wildman–Crippen MR) is 180 cm³/mol. The number of nitrogens with zero attached hydrogens (tertiary/aromatic N) is 7. The summed E-state index contributed by atoms with van der Waals surface area (Å²) in [6, 6.07) is 2.23. The molecule has 19 nitrogen and oxygen atoms in total. The van der Waals surface area contributed by atoms with Gasteiger partial charge in [-0.15, -0.1) is 16.9 Å². The average molecular weight is 719 g/mol. The maximum absolute atomic E-state index is 13.9. The molecule has 1 saturated heterocycles. The van der Waals surface area contributed by atoms with Crippen molar-refractivity contribution in [1.29, 1.82) is 0 Å². The Labute approximate surface area is 290 Å². The summed E-state index contributed by atoms with van der Waals surface area (Å²) in [5.41, 5.74) is 5.44. The molecule has 4 aromatic rings. The van der Waals surface area contributed by atoms with Crippen LogP contribution in [0.25, 0.3) is 11.2 Å². The van der Waals surface area contributed by atoms with Crippen LogP contribution in [-0.4, -0.2) is 96.9 Å². The standard InChI is InChI=1S/C29H26N12O7S2/c1-10-11(2)33-22-17(32-10)20(42)14(8-31-22)24(43)35-16(12-5-4-6-13(7-12)34-29(30)48)25(44)36-18-26(45)41-19(28(46)47)15(9-50-27(18)41)21(49)23-37-38-39-40(23)3/h4-8,16,18,27H,9H2,1-3H3,(H,35,43)(H,36,44)(H,46,47)(H3,30,34,48)(H,31,33,42)/t16?,18?,27-/m0/s1. The third kappa shape index (κ3) is 6.02. The number of urea groups is 1. The number of aryl methyl sites for hydroxylation is 3. The van der Waals surface area contributed by atoms with Crippen molar-refractivity contribution < 1.29 is 29.1 Å². The van der Waals surface area contributed by atoms with Crippen molar-refractivity contribution in [1.82, 2.24) is 50.7 Å². The van der Waals surface area contributed by atoms with Gasteiger partial charge >= 0.3 is 12.0 Å². The van der Waals surface area contributed by atoms with Gasteiger partial charge in [-0.25, -0.2) is 24.2 Å². The summed E-state index contributed by atoms with van der Waals surface area (Å²) in [5, 5.41) is 27.9. The molecular formula is C29H26N12O7S2. The largest absolute Gasteiger partial charge is 0.477 e. The van der Waals surface area contributed by atoms with Crippen LogP contribution in [0.4, 0.5) is 10.5 Å². The third-order valence-electron chi connectivity index (χ3n) is 7.96. The number of β-lactam (4-membered cyclic amide) rings is 1. The highest BCUT2D eigenvalue weighted by Crippen LogP contribution is 2.41. The van der Waals surface area contributed by atoms with E-state index in [1.165, 1.54) is 36.0 Å². The molecule has 7 N–H and O–H groups in total. The number of aromatic amines is 1. The van der Waals surface area contributed by atoms with E-state index in [2.05, 4.69) is 46.4 Å². The smallest absolute Gasteiger partial charge is 0.353 e. The first kappa shape index (κ1) is 33.8. The van der Waals surface area contributed by atoms with Crippen molar-refractivity contribution >= 4 is 75.4 Å². The molecule has 2 aliphatic heterocycles. The van der Waals surface area contributed by atoms with E-state index in [0.717, 1.165) is 22.9 Å². The summed E-state index contributed by atoms with van der Waals surface area (Å²) in [6.45, 7) is 3.38. The number of thiocarbonyl (C=S) groups is 1. The second-order valence-corrected chi connectivity index (χ2v) is 12.6. The monoisotopic (exact) mass is 718 g/mol. The van der Waals surface area contributed by atoms with Gasteiger partial charge in [-0.1, -0.05) is 24.4 Å². The zero-order valence-corrected chi connectivity index (χ0v) is 27.9. The van der Waals surface area contributed by atoms with E-state index in [4.69, 9.17) is 18.0 Å². The molecule has 5 amide bonds. The van der Waals surface area contributed by atoms with Crippen molar-refractivity contribution in [3.8, 4) is 0 Å². The quantitative estimate of drug-likeness (QED) is 0.0729. The molecule has 6 rings (SSSR count). The van der Waals surface area contributed by atoms with Gasteiger partial charge in [-0.3, -0.25) is 24.1 Å². The number of nitrogens with one attached hydrogen (secondary N) is 4. The number of primary amides is 1. The van der Waals surface area contributed by atoms with Crippen molar-refractivity contribution in [2.24, 2.45) is 12.8 Å². The summed E-state index contributed by atoms with van der Waals surface area (Å²) < 4.78 is 1.27. The molecule has 1 fully saturated rings. The molecule has 50 heavy (non-hydrogen) atoms. The van der Waals surface area contributed by atoms with Crippen molar-refractivity contribution in [3.05, 3.63) is 80.3 Å². The summed E-state index contributed by atoms with van der Waals surface area (Å²) in [7, 11) is 1.53. The Morgan fingerprint density at radius 3 is 2.58 bits per heavy atom. The van der Waals surface area contributed by atoms with Crippen molar-refractivity contribution in [2.45, 2.75) is 31.3 Å². The maximum atomic E-state index is 13.9. The van der Waals surface area contributed by atoms with Gasteiger partial charge < -0.3 is 31.8 Å². The number of carboxylic acids is 1. The van der Waals surface area contributed by atoms with Crippen LogP contribution in [-0.2, 0) is 21.4 Å². The maximum Gasteiger partial charge on any atom is 0.353 e. The highest BCUT2D eigenvalue weighted by molar-refractivity contribution is 8.00. The normalized spacial score (nSPS) is 17.4. The van der Waals surface area contributed by atoms with Gasteiger partial charge in [-0.05, 0) is 42.0 Å². The fraction of sp³-hybridized carbons (Fsp3) is 0.241. The van der Waals surface area contributed by atoms with Gasteiger partial charge in [0.25, 0.3) is 11.8 Å². The van der Waals surface area contributed by atoms with Crippen LogP contribution < -0.4 is 27.1 Å². The number of carbonyl (C=O) groups excluding carboxylic acids is 4. The Bertz CT molecular complexity index is 2250. The Kier molecular flexibility index (Phi) is 8.84. The van der Waals surface area contributed by atoms with Gasteiger partial charge in [0, 0.05) is 30.3 Å². The van der Waals surface area contributed by atoms with Crippen molar-refractivity contribution in [2.75, 3.05) is 11.1 Å². The van der Waals surface area contributed by atoms with E-state index < -0.39 is 52.6 Å². The molecular weight excluding hydrogens is 693 g/mol. The number of hydrogen-bond acceptors (Lipinski definition) is 13. The van der Waals surface area contributed by atoms with E-state index in [1.54, 1.807) is 13.8 Å². The molecule has 5 heterocycles. The molecule has 0 bridgehead atoms. The van der Waals surface area contributed by atoms with Crippen LogP contribution in [0.3, 0.4) is 0 Å². The lowest BCUT2D eigenvalue weighted by Gasteiger charge is -2.49. The highest BCUT2D eigenvalue weighted by atomic mass is 32.2. The second kappa shape index (κ2) is 13.1. The summed E-state index contributed by atoms with van der Waals surface area (Å²) in [5.74, 6) is -3.79. The summed E-state index contributed by atoms with van der Waals surface area (Å²) in [6.07, 6.45) is 1.15.